The van der Waals surface area contributed by atoms with Gasteiger partial charge in [-0.05, 0) is 32.3 Å². The molecule has 0 spiro atoms. The molecule has 0 radical (unpaired) electrons. The number of aromatic nitrogens is 1. The summed E-state index contributed by atoms with van der Waals surface area (Å²) in [4.78, 5) is 18.6. The second-order valence-electron chi connectivity index (χ2n) is 5.45. The Bertz CT molecular complexity index is 535. The first-order chi connectivity index (χ1) is 10.2. The Balaban J connectivity index is 1.88. The van der Waals surface area contributed by atoms with Gasteiger partial charge in [0.2, 0.25) is 0 Å². The van der Waals surface area contributed by atoms with E-state index in [1.807, 2.05) is 0 Å². The van der Waals surface area contributed by atoms with Gasteiger partial charge in [0.1, 0.15) is 5.82 Å². The van der Waals surface area contributed by atoms with Crippen LogP contribution < -0.4 is 10.6 Å². The van der Waals surface area contributed by atoms with Crippen LogP contribution in [0.2, 0.25) is 0 Å². The number of nitrogens with zero attached hydrogens (tertiary/aromatic N) is 2. The van der Waals surface area contributed by atoms with Gasteiger partial charge in [-0.2, -0.15) is 0 Å². The number of esters is 1. The number of hydrogen-bond donors (Lipinski definition) is 1. The van der Waals surface area contributed by atoms with Crippen molar-refractivity contribution in [2.24, 2.45) is 0 Å². The van der Waals surface area contributed by atoms with Crippen LogP contribution in [0.3, 0.4) is 0 Å². The highest BCUT2D eigenvalue weighted by molar-refractivity contribution is 5.95. The summed E-state index contributed by atoms with van der Waals surface area (Å²) < 4.78 is 10.9. The standard InChI is InChI=1S/C15H21N3O3/c1-2-20-15(19)10-8-14(17-9-11(10)16)18-6-7-21-13-5-3-4-12(13)18/h8-9,12-13H,2-7,16H2,1H3. The lowest BCUT2D eigenvalue weighted by Gasteiger charge is -2.38. The van der Waals surface area contributed by atoms with Crippen molar-refractivity contribution in [2.75, 3.05) is 30.4 Å². The third-order valence-corrected chi connectivity index (χ3v) is 4.19. The van der Waals surface area contributed by atoms with Gasteiger partial charge < -0.3 is 20.1 Å². The van der Waals surface area contributed by atoms with E-state index in [9.17, 15) is 4.79 Å². The van der Waals surface area contributed by atoms with E-state index in [0.717, 1.165) is 25.2 Å². The van der Waals surface area contributed by atoms with E-state index in [0.29, 0.717) is 30.5 Å². The summed E-state index contributed by atoms with van der Waals surface area (Å²) >= 11 is 0. The lowest BCUT2D eigenvalue weighted by molar-refractivity contribution is 0.0253. The average molecular weight is 291 g/mol. The zero-order chi connectivity index (χ0) is 14.8. The number of pyridine rings is 1. The number of anilines is 2. The van der Waals surface area contributed by atoms with Crippen LogP contribution >= 0.6 is 0 Å². The number of nitrogen functional groups attached to an aromatic ring is 1. The van der Waals surface area contributed by atoms with Crippen LogP contribution in [0.4, 0.5) is 11.5 Å². The van der Waals surface area contributed by atoms with Crippen molar-refractivity contribution >= 4 is 17.5 Å². The summed E-state index contributed by atoms with van der Waals surface area (Å²) in [5.41, 5.74) is 6.60. The third-order valence-electron chi connectivity index (χ3n) is 4.19. The summed E-state index contributed by atoms with van der Waals surface area (Å²) in [6.07, 6.45) is 5.20. The van der Waals surface area contributed by atoms with Crippen molar-refractivity contribution in [1.29, 1.82) is 0 Å². The molecule has 6 nitrogen and oxygen atoms in total. The molecular weight excluding hydrogens is 270 g/mol. The highest BCUT2D eigenvalue weighted by Crippen LogP contribution is 2.33. The minimum atomic E-state index is -0.394. The second-order valence-corrected chi connectivity index (χ2v) is 5.45. The number of rotatable bonds is 3. The monoisotopic (exact) mass is 291 g/mol. The van der Waals surface area contributed by atoms with Gasteiger partial charge in [-0.3, -0.25) is 0 Å². The van der Waals surface area contributed by atoms with E-state index in [2.05, 4.69) is 9.88 Å². The molecule has 2 aliphatic rings. The third kappa shape index (κ3) is 2.68. The van der Waals surface area contributed by atoms with Gasteiger partial charge in [0.25, 0.3) is 0 Å². The van der Waals surface area contributed by atoms with Crippen molar-refractivity contribution < 1.29 is 14.3 Å². The number of carbonyl (C=O) groups excluding carboxylic acids is 1. The van der Waals surface area contributed by atoms with Crippen LogP contribution in [-0.2, 0) is 9.47 Å². The molecule has 2 N–H and O–H groups in total. The molecule has 2 fully saturated rings. The number of fused-ring (bicyclic) bond motifs is 1. The van der Waals surface area contributed by atoms with E-state index in [4.69, 9.17) is 15.2 Å². The quantitative estimate of drug-likeness (QED) is 0.852. The first-order valence-corrected chi connectivity index (χ1v) is 7.51. The Morgan fingerprint density at radius 2 is 2.43 bits per heavy atom. The molecule has 0 amide bonds. The summed E-state index contributed by atoms with van der Waals surface area (Å²) in [5.74, 6) is 0.391. The van der Waals surface area contributed by atoms with E-state index in [-0.39, 0.29) is 6.10 Å². The van der Waals surface area contributed by atoms with Gasteiger partial charge in [0.05, 0.1) is 42.8 Å². The van der Waals surface area contributed by atoms with Crippen molar-refractivity contribution in [3.05, 3.63) is 17.8 Å². The Kier molecular flexibility index (Phi) is 3.96. The van der Waals surface area contributed by atoms with Crippen molar-refractivity contribution in [1.82, 2.24) is 4.98 Å². The van der Waals surface area contributed by atoms with Crippen LogP contribution in [0, 0.1) is 0 Å². The maximum atomic E-state index is 12.0. The first kappa shape index (κ1) is 14.1. The SMILES string of the molecule is CCOC(=O)c1cc(N2CCOC3CCCC32)ncc1N. The molecule has 0 bridgehead atoms. The zero-order valence-electron chi connectivity index (χ0n) is 12.2. The molecule has 6 heteroatoms. The van der Waals surface area contributed by atoms with Crippen LogP contribution in [-0.4, -0.2) is 42.9 Å². The summed E-state index contributed by atoms with van der Waals surface area (Å²) in [6.45, 7) is 3.60. The van der Waals surface area contributed by atoms with E-state index in [1.54, 1.807) is 19.2 Å². The van der Waals surface area contributed by atoms with Crippen molar-refractivity contribution in [2.45, 2.75) is 38.3 Å². The average Bonchev–Trinajstić information content (AvgIpc) is 2.96. The Morgan fingerprint density at radius 1 is 1.57 bits per heavy atom. The van der Waals surface area contributed by atoms with Crippen LogP contribution in [0.1, 0.15) is 36.5 Å². The van der Waals surface area contributed by atoms with Crippen LogP contribution in [0.25, 0.3) is 0 Å². The van der Waals surface area contributed by atoms with Gasteiger partial charge in [-0.15, -0.1) is 0 Å². The highest BCUT2D eigenvalue weighted by atomic mass is 16.5. The Hall–Kier alpha value is -1.82. The maximum absolute atomic E-state index is 12.0. The molecule has 21 heavy (non-hydrogen) atoms. The Labute approximate surface area is 124 Å². The number of morpholine rings is 1. The molecule has 1 saturated carbocycles. The smallest absolute Gasteiger partial charge is 0.340 e. The predicted molar refractivity (Wildman–Crippen MR) is 79.3 cm³/mol. The van der Waals surface area contributed by atoms with Crippen LogP contribution in [0.15, 0.2) is 12.3 Å². The molecule has 2 atom stereocenters. The lowest BCUT2D eigenvalue weighted by Crippen LogP contribution is -2.49. The first-order valence-electron chi connectivity index (χ1n) is 7.51. The fourth-order valence-electron chi connectivity index (χ4n) is 3.21. The van der Waals surface area contributed by atoms with Gasteiger partial charge in [-0.1, -0.05) is 0 Å². The van der Waals surface area contributed by atoms with E-state index in [1.165, 1.54) is 6.42 Å². The summed E-state index contributed by atoms with van der Waals surface area (Å²) in [7, 11) is 0. The molecule has 1 aromatic rings. The molecule has 1 aliphatic carbocycles. The largest absolute Gasteiger partial charge is 0.462 e. The van der Waals surface area contributed by atoms with Gasteiger partial charge >= 0.3 is 5.97 Å². The van der Waals surface area contributed by atoms with Gasteiger partial charge in [0.15, 0.2) is 0 Å². The molecule has 1 aromatic heterocycles. The van der Waals surface area contributed by atoms with Crippen molar-refractivity contribution in [3.63, 3.8) is 0 Å². The molecule has 1 saturated heterocycles. The fraction of sp³-hybridized carbons (Fsp3) is 0.600. The molecule has 114 valence electrons. The van der Waals surface area contributed by atoms with Gasteiger partial charge in [-0.25, -0.2) is 9.78 Å². The number of carbonyl (C=O) groups is 1. The summed E-state index contributed by atoms with van der Waals surface area (Å²) in [5, 5.41) is 0. The van der Waals surface area contributed by atoms with Gasteiger partial charge in [0, 0.05) is 6.54 Å². The molecular formula is C15H21N3O3. The second kappa shape index (κ2) is 5.89. The molecule has 2 heterocycles. The summed E-state index contributed by atoms with van der Waals surface area (Å²) in [6, 6.07) is 2.10. The highest BCUT2D eigenvalue weighted by Gasteiger charge is 2.36. The number of hydrogen-bond acceptors (Lipinski definition) is 6. The minimum absolute atomic E-state index is 0.282. The zero-order valence-corrected chi connectivity index (χ0v) is 12.2. The molecule has 2 unspecified atom stereocenters. The molecule has 0 aromatic carbocycles. The van der Waals surface area contributed by atoms with Crippen LogP contribution in [0.5, 0.6) is 0 Å². The molecule has 3 rings (SSSR count). The number of ether oxygens (including phenoxy) is 2. The molecule has 1 aliphatic heterocycles. The maximum Gasteiger partial charge on any atom is 0.340 e. The predicted octanol–water partition coefficient (Wildman–Crippen LogP) is 1.60. The minimum Gasteiger partial charge on any atom is -0.462 e. The topological polar surface area (TPSA) is 77.7 Å². The normalized spacial score (nSPS) is 24.7. The van der Waals surface area contributed by atoms with E-state index >= 15 is 0 Å². The lowest BCUT2D eigenvalue weighted by atomic mass is 10.1. The van der Waals surface area contributed by atoms with E-state index < -0.39 is 5.97 Å². The number of nitrogens with two attached hydrogens (primary N) is 1. The van der Waals surface area contributed by atoms with Crippen molar-refractivity contribution in [3.8, 4) is 0 Å². The fourth-order valence-corrected chi connectivity index (χ4v) is 3.21. The Morgan fingerprint density at radius 3 is 3.24 bits per heavy atom.